The number of methoxy groups -OCH3 is 1. The third-order valence-corrected chi connectivity index (χ3v) is 3.81. The maximum atomic E-state index is 11.9. The number of carbonyl (C=O) groups excluding carboxylic acids is 2. The van der Waals surface area contributed by atoms with Crippen LogP contribution in [0.2, 0.25) is 0 Å². The van der Waals surface area contributed by atoms with Crippen molar-refractivity contribution >= 4 is 35.1 Å². The lowest BCUT2D eigenvalue weighted by Crippen LogP contribution is -2.08. The Balaban J connectivity index is 1.74. The minimum absolute atomic E-state index is 0.203. The summed E-state index contributed by atoms with van der Waals surface area (Å²) < 4.78 is 9.74. The van der Waals surface area contributed by atoms with Crippen molar-refractivity contribution in [3.8, 4) is 0 Å². The highest BCUT2D eigenvalue weighted by Gasteiger charge is 2.12. The van der Waals surface area contributed by atoms with Gasteiger partial charge in [-0.2, -0.15) is 10.1 Å². The van der Waals surface area contributed by atoms with Crippen LogP contribution >= 0.6 is 0 Å². The second-order valence-electron chi connectivity index (χ2n) is 5.75. The molecule has 0 atom stereocenters. The molecule has 0 radical (unpaired) electrons. The first kappa shape index (κ1) is 19.7. The highest BCUT2D eigenvalue weighted by Crippen LogP contribution is 2.21. The first-order valence-corrected chi connectivity index (χ1v) is 8.79. The zero-order valence-electron chi connectivity index (χ0n) is 15.9. The van der Waals surface area contributed by atoms with Crippen LogP contribution in [0.4, 0.5) is 23.1 Å². The molecule has 0 spiro atoms. The van der Waals surface area contributed by atoms with Crippen molar-refractivity contribution < 1.29 is 19.1 Å². The van der Waals surface area contributed by atoms with Gasteiger partial charge in [-0.1, -0.05) is 12.1 Å². The average Bonchev–Trinajstić information content (AvgIpc) is 2.74. The van der Waals surface area contributed by atoms with Gasteiger partial charge in [0, 0.05) is 5.69 Å². The summed E-state index contributed by atoms with van der Waals surface area (Å²) in [5, 5.41) is 13.9. The summed E-state index contributed by atoms with van der Waals surface area (Å²) in [4.78, 5) is 27.9. The maximum absolute atomic E-state index is 11.9. The van der Waals surface area contributed by atoms with Gasteiger partial charge in [0.05, 0.1) is 36.7 Å². The molecule has 0 amide bonds. The Morgan fingerprint density at radius 1 is 1.00 bits per heavy atom. The van der Waals surface area contributed by atoms with Crippen LogP contribution in [0.1, 0.15) is 27.6 Å². The van der Waals surface area contributed by atoms with Gasteiger partial charge in [-0.25, -0.2) is 9.59 Å². The summed E-state index contributed by atoms with van der Waals surface area (Å²) in [7, 11) is 1.31. The van der Waals surface area contributed by atoms with E-state index >= 15 is 0 Å². The van der Waals surface area contributed by atoms with Gasteiger partial charge in [0.1, 0.15) is 0 Å². The lowest BCUT2D eigenvalue weighted by Gasteiger charge is -2.10. The minimum atomic E-state index is -0.475. The van der Waals surface area contributed by atoms with E-state index in [1.165, 1.54) is 13.3 Å². The highest BCUT2D eigenvalue weighted by molar-refractivity contribution is 5.96. The van der Waals surface area contributed by atoms with E-state index in [1.54, 1.807) is 55.5 Å². The summed E-state index contributed by atoms with van der Waals surface area (Å²) in [5.41, 5.74) is 2.02. The number of nitrogens with zero attached hydrogens (tertiary/aromatic N) is 3. The summed E-state index contributed by atoms with van der Waals surface area (Å²) in [6.45, 7) is 2.07. The number of para-hydroxylation sites is 1. The number of esters is 2. The van der Waals surface area contributed by atoms with E-state index in [4.69, 9.17) is 9.47 Å². The smallest absolute Gasteiger partial charge is 0.339 e. The molecular weight excluding hydrogens is 374 g/mol. The van der Waals surface area contributed by atoms with E-state index in [1.807, 2.05) is 0 Å². The largest absolute Gasteiger partial charge is 0.465 e. The van der Waals surface area contributed by atoms with Crippen molar-refractivity contribution in [2.75, 3.05) is 24.4 Å². The van der Waals surface area contributed by atoms with Gasteiger partial charge in [-0.05, 0) is 43.3 Å². The number of nitrogens with one attached hydrogen (secondary N) is 2. The molecule has 3 aromatic rings. The van der Waals surface area contributed by atoms with Crippen molar-refractivity contribution in [1.82, 2.24) is 15.2 Å². The van der Waals surface area contributed by atoms with Crippen LogP contribution in [0.15, 0.2) is 54.7 Å². The van der Waals surface area contributed by atoms with Gasteiger partial charge in [0.2, 0.25) is 5.95 Å². The van der Waals surface area contributed by atoms with Gasteiger partial charge in [-0.15, -0.1) is 5.10 Å². The topological polar surface area (TPSA) is 115 Å². The number of aromatic nitrogens is 3. The van der Waals surface area contributed by atoms with Crippen molar-refractivity contribution in [1.29, 1.82) is 0 Å². The Bertz CT molecular complexity index is 1010. The first-order valence-electron chi connectivity index (χ1n) is 8.79. The molecule has 2 aromatic carbocycles. The molecule has 1 heterocycles. The van der Waals surface area contributed by atoms with Gasteiger partial charge in [-0.3, -0.25) is 0 Å². The Morgan fingerprint density at radius 3 is 2.48 bits per heavy atom. The maximum Gasteiger partial charge on any atom is 0.339 e. The number of rotatable bonds is 7. The fourth-order valence-corrected chi connectivity index (χ4v) is 2.47. The predicted molar refractivity (Wildman–Crippen MR) is 107 cm³/mol. The molecule has 3 rings (SSSR count). The molecule has 9 nitrogen and oxygen atoms in total. The Hall–Kier alpha value is -4.01. The zero-order valence-corrected chi connectivity index (χ0v) is 15.9. The van der Waals surface area contributed by atoms with Gasteiger partial charge in [0.15, 0.2) is 5.82 Å². The molecule has 0 aliphatic rings. The fourth-order valence-electron chi connectivity index (χ4n) is 2.47. The number of ether oxygens (including phenoxy) is 2. The van der Waals surface area contributed by atoms with E-state index in [2.05, 4.69) is 25.8 Å². The molecule has 0 unspecified atom stereocenters. The highest BCUT2D eigenvalue weighted by atomic mass is 16.5. The van der Waals surface area contributed by atoms with E-state index in [-0.39, 0.29) is 11.9 Å². The van der Waals surface area contributed by atoms with E-state index in [0.29, 0.717) is 34.9 Å². The summed E-state index contributed by atoms with van der Waals surface area (Å²) >= 11 is 0. The molecule has 2 N–H and O–H groups in total. The second-order valence-corrected chi connectivity index (χ2v) is 5.75. The number of hydrogen-bond acceptors (Lipinski definition) is 9. The summed E-state index contributed by atoms with van der Waals surface area (Å²) in [5.74, 6) is -0.216. The minimum Gasteiger partial charge on any atom is -0.465 e. The van der Waals surface area contributed by atoms with Crippen molar-refractivity contribution in [3.05, 3.63) is 65.9 Å². The lowest BCUT2D eigenvalue weighted by atomic mass is 10.2. The standard InChI is InChI=1S/C20H19N5O4/c1-3-29-18(26)13-8-10-14(11-9-13)22-17-12-21-25-20(24-17)23-16-7-5-4-6-15(16)19(27)28-2/h4-12H,3H2,1-2H3,(H2,22,23,24,25). The van der Waals surface area contributed by atoms with E-state index < -0.39 is 5.97 Å². The number of benzene rings is 2. The van der Waals surface area contributed by atoms with Crippen LogP contribution in [0, 0.1) is 0 Å². The van der Waals surface area contributed by atoms with Crippen LogP contribution in [-0.2, 0) is 9.47 Å². The molecule has 1 aromatic heterocycles. The Morgan fingerprint density at radius 2 is 1.76 bits per heavy atom. The fraction of sp³-hybridized carbons (Fsp3) is 0.150. The number of anilines is 4. The molecule has 29 heavy (non-hydrogen) atoms. The van der Waals surface area contributed by atoms with Gasteiger partial charge in [0.25, 0.3) is 0 Å². The SMILES string of the molecule is CCOC(=O)c1ccc(Nc2cnnc(Nc3ccccc3C(=O)OC)n2)cc1. The predicted octanol–water partition coefficient (Wildman–Crippen LogP) is 3.32. The van der Waals surface area contributed by atoms with Crippen molar-refractivity contribution in [2.24, 2.45) is 0 Å². The number of carbonyl (C=O) groups is 2. The van der Waals surface area contributed by atoms with Crippen molar-refractivity contribution in [2.45, 2.75) is 6.92 Å². The molecule has 0 saturated heterocycles. The zero-order chi connectivity index (χ0) is 20.6. The molecule has 9 heteroatoms. The molecular formula is C20H19N5O4. The third-order valence-electron chi connectivity index (χ3n) is 3.81. The average molecular weight is 393 g/mol. The molecule has 0 aliphatic heterocycles. The first-order chi connectivity index (χ1) is 14.1. The Labute approximate surface area is 167 Å². The summed E-state index contributed by atoms with van der Waals surface area (Å²) in [6.07, 6.45) is 1.46. The van der Waals surface area contributed by atoms with E-state index in [9.17, 15) is 9.59 Å². The Kier molecular flexibility index (Phi) is 6.31. The molecule has 0 saturated carbocycles. The molecule has 0 fully saturated rings. The quantitative estimate of drug-likeness (QED) is 0.583. The third kappa shape index (κ3) is 5.04. The second kappa shape index (κ2) is 9.27. The van der Waals surface area contributed by atoms with Crippen LogP contribution < -0.4 is 10.6 Å². The molecule has 148 valence electrons. The normalized spacial score (nSPS) is 10.1. The van der Waals surface area contributed by atoms with Crippen LogP contribution in [-0.4, -0.2) is 40.8 Å². The summed E-state index contributed by atoms with van der Waals surface area (Å²) in [6, 6.07) is 13.6. The van der Waals surface area contributed by atoms with Crippen LogP contribution in [0.3, 0.4) is 0 Å². The molecule has 0 aliphatic carbocycles. The van der Waals surface area contributed by atoms with Crippen LogP contribution in [0.25, 0.3) is 0 Å². The van der Waals surface area contributed by atoms with Crippen LogP contribution in [0.5, 0.6) is 0 Å². The van der Waals surface area contributed by atoms with Gasteiger partial charge < -0.3 is 20.1 Å². The van der Waals surface area contributed by atoms with Crippen molar-refractivity contribution in [3.63, 3.8) is 0 Å². The van der Waals surface area contributed by atoms with Gasteiger partial charge >= 0.3 is 11.9 Å². The molecule has 0 bridgehead atoms. The van der Waals surface area contributed by atoms with E-state index in [0.717, 1.165) is 0 Å². The lowest BCUT2D eigenvalue weighted by molar-refractivity contribution is 0.0525. The number of hydrogen-bond donors (Lipinski definition) is 2. The monoisotopic (exact) mass is 393 g/mol.